The van der Waals surface area contributed by atoms with E-state index in [2.05, 4.69) is 5.32 Å². The van der Waals surface area contributed by atoms with Gasteiger partial charge in [-0.15, -0.1) is 0 Å². The molecule has 0 fully saturated rings. The molecule has 19 heavy (non-hydrogen) atoms. The Hall–Kier alpha value is -2.29. The summed E-state index contributed by atoms with van der Waals surface area (Å²) in [5, 5.41) is 2.83. The van der Waals surface area contributed by atoms with E-state index in [9.17, 15) is 4.79 Å². The molecule has 0 saturated heterocycles. The third-order valence-electron chi connectivity index (χ3n) is 2.68. The summed E-state index contributed by atoms with van der Waals surface area (Å²) in [6.07, 6.45) is 0. The molecule has 0 aliphatic rings. The summed E-state index contributed by atoms with van der Waals surface area (Å²) < 4.78 is 5.50. The number of ether oxygens (including phenoxy) is 1. The lowest BCUT2D eigenvalue weighted by Gasteiger charge is -2.08. The molecule has 2 aromatic rings. The van der Waals surface area contributed by atoms with Crippen molar-refractivity contribution in [1.29, 1.82) is 0 Å². The third kappa shape index (κ3) is 4.14. The molecule has 98 valence electrons. The Balaban J connectivity index is 1.75. The SMILES string of the molecule is Cc1cccc(C(=O)NCCOc2ccccc2)c1. The van der Waals surface area contributed by atoms with E-state index in [0.717, 1.165) is 11.3 Å². The van der Waals surface area contributed by atoms with Crippen molar-refractivity contribution in [2.45, 2.75) is 6.92 Å². The predicted octanol–water partition coefficient (Wildman–Crippen LogP) is 2.80. The van der Waals surface area contributed by atoms with Gasteiger partial charge in [0.05, 0.1) is 6.54 Å². The van der Waals surface area contributed by atoms with Crippen LogP contribution in [0.25, 0.3) is 0 Å². The summed E-state index contributed by atoms with van der Waals surface area (Å²) in [6.45, 7) is 2.92. The normalized spacial score (nSPS) is 9.95. The monoisotopic (exact) mass is 255 g/mol. The van der Waals surface area contributed by atoms with Crippen molar-refractivity contribution in [3.8, 4) is 5.75 Å². The molecular formula is C16H17NO2. The molecule has 3 nitrogen and oxygen atoms in total. The summed E-state index contributed by atoms with van der Waals surface area (Å²) >= 11 is 0. The minimum Gasteiger partial charge on any atom is -0.492 e. The number of nitrogens with one attached hydrogen (secondary N) is 1. The van der Waals surface area contributed by atoms with Crippen LogP contribution < -0.4 is 10.1 Å². The van der Waals surface area contributed by atoms with Crippen molar-refractivity contribution < 1.29 is 9.53 Å². The van der Waals surface area contributed by atoms with Crippen molar-refractivity contribution in [2.24, 2.45) is 0 Å². The largest absolute Gasteiger partial charge is 0.492 e. The zero-order valence-electron chi connectivity index (χ0n) is 10.9. The second-order valence-corrected chi connectivity index (χ2v) is 4.29. The molecule has 1 N–H and O–H groups in total. The Morgan fingerprint density at radius 2 is 1.89 bits per heavy atom. The second-order valence-electron chi connectivity index (χ2n) is 4.29. The minimum atomic E-state index is -0.0691. The molecule has 0 aliphatic heterocycles. The molecule has 0 atom stereocenters. The number of carbonyl (C=O) groups excluding carboxylic acids is 1. The van der Waals surface area contributed by atoms with Crippen LogP contribution in [0.5, 0.6) is 5.75 Å². The third-order valence-corrected chi connectivity index (χ3v) is 2.68. The van der Waals surface area contributed by atoms with E-state index < -0.39 is 0 Å². The molecule has 0 aliphatic carbocycles. The molecule has 0 aromatic heterocycles. The fraction of sp³-hybridized carbons (Fsp3) is 0.188. The highest BCUT2D eigenvalue weighted by atomic mass is 16.5. The van der Waals surface area contributed by atoms with Gasteiger partial charge in [-0.2, -0.15) is 0 Å². The van der Waals surface area contributed by atoms with Crippen molar-refractivity contribution in [1.82, 2.24) is 5.32 Å². The van der Waals surface area contributed by atoms with E-state index >= 15 is 0 Å². The molecule has 0 saturated carbocycles. The van der Waals surface area contributed by atoms with Gasteiger partial charge in [-0.1, -0.05) is 35.9 Å². The lowest BCUT2D eigenvalue weighted by atomic mass is 10.1. The lowest BCUT2D eigenvalue weighted by Crippen LogP contribution is -2.28. The Morgan fingerprint density at radius 3 is 2.63 bits per heavy atom. The van der Waals surface area contributed by atoms with E-state index in [4.69, 9.17) is 4.74 Å². The van der Waals surface area contributed by atoms with Crippen molar-refractivity contribution in [3.05, 3.63) is 65.7 Å². The maximum Gasteiger partial charge on any atom is 0.251 e. The number of benzene rings is 2. The van der Waals surface area contributed by atoms with Crippen LogP contribution in [-0.2, 0) is 0 Å². The fourth-order valence-corrected chi connectivity index (χ4v) is 1.74. The van der Waals surface area contributed by atoms with Gasteiger partial charge in [-0.05, 0) is 31.2 Å². The zero-order valence-corrected chi connectivity index (χ0v) is 10.9. The maximum atomic E-state index is 11.8. The molecule has 0 unspecified atom stereocenters. The second kappa shape index (κ2) is 6.59. The van der Waals surface area contributed by atoms with E-state index in [-0.39, 0.29) is 5.91 Å². The number of para-hydroxylation sites is 1. The summed E-state index contributed by atoms with van der Waals surface area (Å²) in [4.78, 5) is 11.8. The van der Waals surface area contributed by atoms with Crippen LogP contribution in [0.2, 0.25) is 0 Å². The molecule has 0 radical (unpaired) electrons. The van der Waals surface area contributed by atoms with Crippen LogP contribution >= 0.6 is 0 Å². The van der Waals surface area contributed by atoms with Crippen LogP contribution in [0.3, 0.4) is 0 Å². The van der Waals surface area contributed by atoms with Crippen molar-refractivity contribution in [2.75, 3.05) is 13.2 Å². The number of amides is 1. The van der Waals surface area contributed by atoms with Gasteiger partial charge in [0.1, 0.15) is 12.4 Å². The number of aryl methyl sites for hydroxylation is 1. The van der Waals surface area contributed by atoms with Gasteiger partial charge in [0, 0.05) is 5.56 Å². The van der Waals surface area contributed by atoms with Crippen LogP contribution in [0.1, 0.15) is 15.9 Å². The molecule has 0 heterocycles. The lowest BCUT2D eigenvalue weighted by molar-refractivity contribution is 0.0947. The highest BCUT2D eigenvalue weighted by Crippen LogP contribution is 2.07. The Kier molecular flexibility index (Phi) is 4.56. The van der Waals surface area contributed by atoms with Crippen LogP contribution in [0.4, 0.5) is 0 Å². The standard InChI is InChI=1S/C16H17NO2/c1-13-6-5-7-14(12-13)16(18)17-10-11-19-15-8-3-2-4-9-15/h2-9,12H,10-11H2,1H3,(H,17,18). The first kappa shape index (κ1) is 13.1. The topological polar surface area (TPSA) is 38.3 Å². The predicted molar refractivity (Wildman–Crippen MR) is 75.4 cm³/mol. The maximum absolute atomic E-state index is 11.8. The number of rotatable bonds is 5. The molecular weight excluding hydrogens is 238 g/mol. The van der Waals surface area contributed by atoms with Crippen molar-refractivity contribution in [3.63, 3.8) is 0 Å². The molecule has 2 rings (SSSR count). The Bertz CT molecular complexity index is 537. The highest BCUT2D eigenvalue weighted by Gasteiger charge is 2.04. The van der Waals surface area contributed by atoms with Gasteiger partial charge in [-0.25, -0.2) is 0 Å². The van der Waals surface area contributed by atoms with E-state index in [1.54, 1.807) is 6.07 Å². The van der Waals surface area contributed by atoms with E-state index in [0.29, 0.717) is 18.7 Å². The first-order chi connectivity index (χ1) is 9.25. The zero-order chi connectivity index (χ0) is 13.5. The molecule has 0 spiro atoms. The average molecular weight is 255 g/mol. The van der Waals surface area contributed by atoms with Gasteiger partial charge in [-0.3, -0.25) is 4.79 Å². The first-order valence-electron chi connectivity index (χ1n) is 6.28. The van der Waals surface area contributed by atoms with E-state index in [1.165, 1.54) is 0 Å². The van der Waals surface area contributed by atoms with Crippen molar-refractivity contribution >= 4 is 5.91 Å². The highest BCUT2D eigenvalue weighted by molar-refractivity contribution is 5.94. The molecule has 0 bridgehead atoms. The average Bonchev–Trinajstić information content (AvgIpc) is 2.44. The Labute approximate surface area is 113 Å². The molecule has 2 aromatic carbocycles. The van der Waals surface area contributed by atoms with Gasteiger partial charge >= 0.3 is 0 Å². The van der Waals surface area contributed by atoms with Gasteiger partial charge < -0.3 is 10.1 Å². The Morgan fingerprint density at radius 1 is 1.11 bits per heavy atom. The minimum absolute atomic E-state index is 0.0691. The van der Waals surface area contributed by atoms with Crippen LogP contribution in [0.15, 0.2) is 54.6 Å². The summed E-state index contributed by atoms with van der Waals surface area (Å²) in [6, 6.07) is 17.1. The smallest absolute Gasteiger partial charge is 0.251 e. The number of hydrogen-bond acceptors (Lipinski definition) is 2. The van der Waals surface area contributed by atoms with Crippen LogP contribution in [-0.4, -0.2) is 19.1 Å². The summed E-state index contributed by atoms with van der Waals surface area (Å²) in [7, 11) is 0. The number of carbonyl (C=O) groups is 1. The van der Waals surface area contributed by atoms with E-state index in [1.807, 2.05) is 55.5 Å². The summed E-state index contributed by atoms with van der Waals surface area (Å²) in [5.41, 5.74) is 1.76. The first-order valence-corrected chi connectivity index (χ1v) is 6.28. The quantitative estimate of drug-likeness (QED) is 0.834. The number of hydrogen-bond donors (Lipinski definition) is 1. The summed E-state index contributed by atoms with van der Waals surface area (Å²) in [5.74, 6) is 0.743. The van der Waals surface area contributed by atoms with Crippen LogP contribution in [0, 0.1) is 6.92 Å². The van der Waals surface area contributed by atoms with Gasteiger partial charge in [0.25, 0.3) is 5.91 Å². The van der Waals surface area contributed by atoms with Gasteiger partial charge in [0.15, 0.2) is 0 Å². The molecule has 3 heteroatoms. The van der Waals surface area contributed by atoms with Gasteiger partial charge in [0.2, 0.25) is 0 Å². The molecule has 1 amide bonds. The fourth-order valence-electron chi connectivity index (χ4n) is 1.74.